The lowest BCUT2D eigenvalue weighted by Crippen LogP contribution is -2.43. The molecule has 1 amide bonds. The van der Waals surface area contributed by atoms with Crippen LogP contribution in [0, 0.1) is 18.7 Å². The molecule has 0 saturated carbocycles. The largest absolute Gasteiger partial charge is 0.376 e. The quantitative estimate of drug-likeness (QED) is 0.595. The zero-order chi connectivity index (χ0) is 22.3. The van der Waals surface area contributed by atoms with E-state index < -0.39 is 0 Å². The molecule has 1 aromatic carbocycles. The summed E-state index contributed by atoms with van der Waals surface area (Å²) < 4.78 is 21.7. The number of carbonyl (C=O) groups excluding carboxylic acids is 1. The molecule has 0 spiro atoms. The smallest absolute Gasteiger partial charge is 0.224 e. The number of rotatable bonds is 9. The van der Waals surface area contributed by atoms with Crippen LogP contribution >= 0.6 is 0 Å². The molecule has 1 atom stereocenters. The fourth-order valence-corrected chi connectivity index (χ4v) is 4.81. The van der Waals surface area contributed by atoms with Crippen LogP contribution in [0.25, 0.3) is 0 Å². The Kier molecular flexibility index (Phi) is 7.92. The van der Waals surface area contributed by atoms with Gasteiger partial charge >= 0.3 is 0 Å². The highest BCUT2D eigenvalue weighted by Gasteiger charge is 2.27. The van der Waals surface area contributed by atoms with E-state index in [9.17, 15) is 9.18 Å². The van der Waals surface area contributed by atoms with Gasteiger partial charge in [0.2, 0.25) is 5.91 Å². The number of amides is 1. The lowest BCUT2D eigenvalue weighted by atomic mass is 9.95. The van der Waals surface area contributed by atoms with Crippen molar-refractivity contribution in [2.24, 2.45) is 5.92 Å². The average Bonchev–Trinajstić information content (AvgIpc) is 3.46. The van der Waals surface area contributed by atoms with Crippen molar-refractivity contribution < 1.29 is 13.9 Å². The Labute approximate surface area is 190 Å². The molecule has 174 valence electrons. The Balaban J connectivity index is 1.30. The minimum absolute atomic E-state index is 0.129. The number of halogens is 1. The van der Waals surface area contributed by atoms with Gasteiger partial charge < -0.3 is 9.64 Å². The molecule has 2 aliphatic rings. The lowest BCUT2D eigenvalue weighted by molar-refractivity contribution is -0.134. The first kappa shape index (κ1) is 22.9. The fraction of sp³-hybridized carbons (Fsp3) is 0.600. The van der Waals surface area contributed by atoms with Crippen LogP contribution in [0.1, 0.15) is 43.4 Å². The average molecular weight is 443 g/mol. The molecule has 1 aromatic heterocycles. The van der Waals surface area contributed by atoms with Crippen molar-refractivity contribution in [2.75, 3.05) is 32.8 Å². The van der Waals surface area contributed by atoms with Crippen molar-refractivity contribution in [2.45, 2.75) is 58.2 Å². The van der Waals surface area contributed by atoms with Crippen LogP contribution in [-0.2, 0) is 22.6 Å². The Morgan fingerprint density at radius 2 is 2.00 bits per heavy atom. The number of likely N-dealkylation sites (tertiary alicyclic amines) is 1. The molecule has 1 unspecified atom stereocenters. The van der Waals surface area contributed by atoms with Crippen LogP contribution in [0.4, 0.5) is 4.39 Å². The van der Waals surface area contributed by atoms with Crippen LogP contribution in [0.2, 0.25) is 0 Å². The molecule has 2 fully saturated rings. The third kappa shape index (κ3) is 6.17. The van der Waals surface area contributed by atoms with Crippen molar-refractivity contribution >= 4 is 5.91 Å². The lowest BCUT2D eigenvalue weighted by Gasteiger charge is -2.35. The van der Waals surface area contributed by atoms with Gasteiger partial charge in [-0.1, -0.05) is 18.2 Å². The summed E-state index contributed by atoms with van der Waals surface area (Å²) in [6.45, 7) is 7.42. The molecular formula is C25H35FN4O2. The highest BCUT2D eigenvalue weighted by Crippen LogP contribution is 2.23. The molecule has 4 rings (SSSR count). The standard InChI is InChI=1S/C25H35FN4O2/c1-20-8-12-27-30(20)15-11-25(31)29(19-23-6-4-16-32-23)17-21-9-13-28(14-10-21)18-22-5-2-3-7-24(22)26/h2-3,5,7-8,12,21,23H,4,6,9-11,13-19H2,1H3. The molecule has 6 nitrogen and oxygen atoms in total. The van der Waals surface area contributed by atoms with Gasteiger partial charge in [-0.15, -0.1) is 0 Å². The number of nitrogens with zero attached hydrogens (tertiary/aromatic N) is 4. The van der Waals surface area contributed by atoms with Gasteiger partial charge in [0.25, 0.3) is 0 Å². The molecule has 7 heteroatoms. The van der Waals surface area contributed by atoms with E-state index in [4.69, 9.17) is 4.74 Å². The molecule has 3 heterocycles. The van der Waals surface area contributed by atoms with E-state index in [-0.39, 0.29) is 17.8 Å². The third-order valence-corrected chi connectivity index (χ3v) is 6.80. The highest BCUT2D eigenvalue weighted by molar-refractivity contribution is 5.76. The van der Waals surface area contributed by atoms with Crippen molar-refractivity contribution in [3.63, 3.8) is 0 Å². The van der Waals surface area contributed by atoms with Gasteiger partial charge in [-0.2, -0.15) is 5.10 Å². The number of carbonyl (C=O) groups is 1. The van der Waals surface area contributed by atoms with Gasteiger partial charge in [-0.25, -0.2) is 4.39 Å². The van der Waals surface area contributed by atoms with Crippen LogP contribution < -0.4 is 0 Å². The summed E-state index contributed by atoms with van der Waals surface area (Å²) in [6, 6.07) is 8.98. The predicted octanol–water partition coefficient (Wildman–Crippen LogP) is 3.64. The minimum atomic E-state index is -0.129. The predicted molar refractivity (Wildman–Crippen MR) is 122 cm³/mol. The molecule has 32 heavy (non-hydrogen) atoms. The Morgan fingerprint density at radius 3 is 2.69 bits per heavy atom. The van der Waals surface area contributed by atoms with E-state index in [1.807, 2.05) is 34.7 Å². The normalized spacial score (nSPS) is 20.0. The second-order valence-corrected chi connectivity index (χ2v) is 9.19. The number of benzene rings is 1. The molecule has 0 aliphatic carbocycles. The van der Waals surface area contributed by atoms with Gasteiger partial charge in [0.05, 0.1) is 6.10 Å². The first-order valence-corrected chi connectivity index (χ1v) is 11.9. The SMILES string of the molecule is Cc1ccnn1CCC(=O)N(CC1CCN(Cc2ccccc2F)CC1)CC1CCCO1. The molecular weight excluding hydrogens is 407 g/mol. The molecule has 0 bridgehead atoms. The van der Waals surface area contributed by atoms with Crippen LogP contribution in [0.15, 0.2) is 36.5 Å². The van der Waals surface area contributed by atoms with Gasteiger partial charge in [0.1, 0.15) is 5.82 Å². The van der Waals surface area contributed by atoms with E-state index in [0.717, 1.165) is 63.2 Å². The first-order valence-electron chi connectivity index (χ1n) is 11.9. The monoisotopic (exact) mass is 442 g/mol. The van der Waals surface area contributed by atoms with Crippen LogP contribution in [0.5, 0.6) is 0 Å². The summed E-state index contributed by atoms with van der Waals surface area (Å²) in [7, 11) is 0. The number of piperidine rings is 1. The Hall–Kier alpha value is -2.25. The molecule has 2 aromatic rings. The summed E-state index contributed by atoms with van der Waals surface area (Å²) in [5, 5.41) is 4.30. The topological polar surface area (TPSA) is 50.6 Å². The maximum absolute atomic E-state index is 14.0. The fourth-order valence-electron chi connectivity index (χ4n) is 4.81. The molecule has 0 radical (unpaired) electrons. The van der Waals surface area contributed by atoms with E-state index in [1.165, 1.54) is 6.07 Å². The van der Waals surface area contributed by atoms with Gasteiger partial charge in [-0.3, -0.25) is 14.4 Å². The third-order valence-electron chi connectivity index (χ3n) is 6.80. The highest BCUT2D eigenvalue weighted by atomic mass is 19.1. The molecule has 2 aliphatic heterocycles. The number of aryl methyl sites for hydroxylation is 2. The molecule has 2 saturated heterocycles. The summed E-state index contributed by atoms with van der Waals surface area (Å²) in [5.41, 5.74) is 1.83. The van der Waals surface area contributed by atoms with E-state index in [0.29, 0.717) is 32.0 Å². The van der Waals surface area contributed by atoms with Crippen molar-refractivity contribution in [1.82, 2.24) is 19.6 Å². The van der Waals surface area contributed by atoms with Crippen LogP contribution in [0.3, 0.4) is 0 Å². The number of aromatic nitrogens is 2. The van der Waals surface area contributed by atoms with Crippen LogP contribution in [-0.4, -0.2) is 64.4 Å². The second kappa shape index (κ2) is 11.1. The van der Waals surface area contributed by atoms with E-state index in [1.54, 1.807) is 12.3 Å². The van der Waals surface area contributed by atoms with Gasteiger partial charge in [0.15, 0.2) is 0 Å². The van der Waals surface area contributed by atoms with Crippen molar-refractivity contribution in [3.8, 4) is 0 Å². The zero-order valence-corrected chi connectivity index (χ0v) is 19.1. The second-order valence-electron chi connectivity index (χ2n) is 9.19. The number of ether oxygens (including phenoxy) is 1. The summed E-state index contributed by atoms with van der Waals surface area (Å²) in [4.78, 5) is 17.5. The van der Waals surface area contributed by atoms with Gasteiger partial charge in [0, 0.05) is 56.7 Å². The van der Waals surface area contributed by atoms with Crippen molar-refractivity contribution in [1.29, 1.82) is 0 Å². The zero-order valence-electron chi connectivity index (χ0n) is 19.1. The van der Waals surface area contributed by atoms with Crippen molar-refractivity contribution in [3.05, 3.63) is 53.6 Å². The summed E-state index contributed by atoms with van der Waals surface area (Å²) in [5.74, 6) is 0.531. The minimum Gasteiger partial charge on any atom is -0.376 e. The summed E-state index contributed by atoms with van der Waals surface area (Å²) >= 11 is 0. The Morgan fingerprint density at radius 1 is 1.19 bits per heavy atom. The van der Waals surface area contributed by atoms with E-state index in [2.05, 4.69) is 10.00 Å². The summed E-state index contributed by atoms with van der Waals surface area (Å²) in [6.07, 6.45) is 6.56. The van der Waals surface area contributed by atoms with Gasteiger partial charge in [-0.05, 0) is 63.7 Å². The number of hydrogen-bond donors (Lipinski definition) is 0. The number of hydrogen-bond acceptors (Lipinski definition) is 4. The Bertz CT molecular complexity index is 872. The maximum atomic E-state index is 14.0. The first-order chi connectivity index (χ1) is 15.6. The maximum Gasteiger partial charge on any atom is 0.224 e. The molecule has 0 N–H and O–H groups in total. The van der Waals surface area contributed by atoms with E-state index >= 15 is 0 Å².